The summed E-state index contributed by atoms with van der Waals surface area (Å²) in [4.78, 5) is 23.6. The van der Waals surface area contributed by atoms with E-state index in [1.807, 2.05) is 0 Å². The van der Waals surface area contributed by atoms with Gasteiger partial charge < -0.3 is 4.42 Å². The number of nitrogens with one attached hydrogen (secondary N) is 2. The van der Waals surface area contributed by atoms with Crippen LogP contribution in [0.3, 0.4) is 0 Å². The van der Waals surface area contributed by atoms with Crippen LogP contribution in [0.5, 0.6) is 0 Å². The minimum absolute atomic E-state index is 0.0887. The molecule has 1 aromatic heterocycles. The van der Waals surface area contributed by atoms with Crippen molar-refractivity contribution in [3.05, 3.63) is 51.7 Å². The van der Waals surface area contributed by atoms with Crippen molar-refractivity contribution in [2.75, 3.05) is 0 Å². The largest absolute Gasteiger partial charge is 0.457 e. The van der Waals surface area contributed by atoms with E-state index in [0.717, 1.165) is 6.07 Å². The van der Waals surface area contributed by atoms with Crippen molar-refractivity contribution < 1.29 is 27.2 Å². The summed E-state index contributed by atoms with van der Waals surface area (Å²) in [6, 6.07) is 6.54. The van der Waals surface area contributed by atoms with Gasteiger partial charge in [0.25, 0.3) is 11.8 Å². The Morgan fingerprint density at radius 1 is 1.08 bits per heavy atom. The van der Waals surface area contributed by atoms with Crippen LogP contribution in [0.15, 0.2) is 44.8 Å². The molecule has 26 heavy (non-hydrogen) atoms. The zero-order chi connectivity index (χ0) is 19.1. The van der Waals surface area contributed by atoms with Crippen LogP contribution in [0.1, 0.15) is 11.3 Å². The fourth-order valence-corrected chi connectivity index (χ4v) is 2.89. The molecule has 1 aromatic carbocycles. The van der Waals surface area contributed by atoms with Gasteiger partial charge in [-0.3, -0.25) is 20.2 Å². The molecule has 0 saturated carbocycles. The zero-order valence-corrected chi connectivity index (χ0v) is 15.0. The maximum atomic E-state index is 13.0. The molecule has 134 valence electrons. The number of hydrogen-bond donors (Lipinski definition) is 2. The topological polar surface area (TPSA) is 71.3 Å². The highest BCUT2D eigenvalue weighted by Crippen LogP contribution is 2.37. The van der Waals surface area contributed by atoms with Gasteiger partial charge in [-0.05, 0) is 42.6 Å². The highest BCUT2D eigenvalue weighted by atomic mass is 79.9. The van der Waals surface area contributed by atoms with Crippen LogP contribution in [0.4, 0.5) is 13.2 Å². The first kappa shape index (κ1) is 18.3. The molecule has 1 fully saturated rings. The third kappa shape index (κ3) is 3.70. The Morgan fingerprint density at radius 3 is 2.35 bits per heavy atom. The van der Waals surface area contributed by atoms with Crippen LogP contribution in [-0.4, -0.2) is 16.9 Å². The number of rotatable bonds is 2. The molecule has 5 nitrogen and oxygen atoms in total. The molecule has 0 aliphatic carbocycles. The van der Waals surface area contributed by atoms with Crippen molar-refractivity contribution in [3.8, 4) is 11.3 Å². The Bertz CT molecular complexity index is 944. The molecule has 0 bridgehead atoms. The highest BCUT2D eigenvalue weighted by molar-refractivity contribution is 9.10. The van der Waals surface area contributed by atoms with Crippen molar-refractivity contribution in [1.82, 2.24) is 10.6 Å². The molecule has 0 spiro atoms. The Balaban J connectivity index is 1.94. The number of amides is 2. The highest BCUT2D eigenvalue weighted by Gasteiger charge is 2.33. The van der Waals surface area contributed by atoms with Gasteiger partial charge in [0.1, 0.15) is 17.1 Å². The van der Waals surface area contributed by atoms with E-state index in [0.29, 0.717) is 0 Å². The molecule has 1 saturated heterocycles. The van der Waals surface area contributed by atoms with Crippen LogP contribution in [-0.2, 0) is 15.8 Å². The molecule has 2 aromatic rings. The van der Waals surface area contributed by atoms with Gasteiger partial charge in [0.15, 0.2) is 5.11 Å². The minimum Gasteiger partial charge on any atom is -0.457 e. The molecule has 0 radical (unpaired) electrons. The SMILES string of the molecule is O=C1NC(=S)NC(=O)C1=Cc1ccc(-c2ccc(Br)c(C(F)(F)F)c2)o1. The molecule has 1 aliphatic rings. The van der Waals surface area contributed by atoms with Gasteiger partial charge in [-0.1, -0.05) is 22.0 Å². The fourth-order valence-electron chi connectivity index (χ4n) is 2.23. The maximum Gasteiger partial charge on any atom is 0.417 e. The lowest BCUT2D eigenvalue weighted by atomic mass is 10.1. The van der Waals surface area contributed by atoms with Gasteiger partial charge in [0.2, 0.25) is 0 Å². The van der Waals surface area contributed by atoms with E-state index in [-0.39, 0.29) is 32.2 Å². The van der Waals surface area contributed by atoms with Crippen molar-refractivity contribution in [2.24, 2.45) is 0 Å². The minimum atomic E-state index is -4.52. The van der Waals surface area contributed by atoms with Gasteiger partial charge in [-0.15, -0.1) is 0 Å². The number of hydrogen-bond acceptors (Lipinski definition) is 4. The van der Waals surface area contributed by atoms with Crippen molar-refractivity contribution in [3.63, 3.8) is 0 Å². The lowest BCUT2D eigenvalue weighted by Crippen LogP contribution is -2.51. The summed E-state index contributed by atoms with van der Waals surface area (Å²) in [7, 11) is 0. The van der Waals surface area contributed by atoms with Gasteiger partial charge >= 0.3 is 6.18 Å². The first-order valence-electron chi connectivity index (χ1n) is 7.00. The van der Waals surface area contributed by atoms with Gasteiger partial charge in [0, 0.05) is 10.0 Å². The van der Waals surface area contributed by atoms with E-state index in [2.05, 4.69) is 38.8 Å². The first-order chi connectivity index (χ1) is 12.1. The Kier molecular flexibility index (Phi) is 4.72. The fraction of sp³-hybridized carbons (Fsp3) is 0.0625. The average molecular weight is 445 g/mol. The Hall–Kier alpha value is -2.46. The third-order valence-corrected chi connectivity index (χ3v) is 4.31. The molecular formula is C16H8BrF3N2O3S. The molecule has 3 rings (SSSR count). The normalized spacial score (nSPS) is 14.9. The summed E-state index contributed by atoms with van der Waals surface area (Å²) in [5, 5.41) is 4.43. The summed E-state index contributed by atoms with van der Waals surface area (Å²) < 4.78 is 44.4. The summed E-state index contributed by atoms with van der Waals surface area (Å²) >= 11 is 7.56. The van der Waals surface area contributed by atoms with Crippen LogP contribution < -0.4 is 10.6 Å². The number of benzene rings is 1. The van der Waals surface area contributed by atoms with E-state index in [4.69, 9.17) is 4.42 Å². The van der Waals surface area contributed by atoms with E-state index in [1.54, 1.807) is 0 Å². The molecule has 10 heteroatoms. The molecule has 2 amide bonds. The average Bonchev–Trinajstić information content (AvgIpc) is 2.99. The smallest absolute Gasteiger partial charge is 0.417 e. The van der Waals surface area contributed by atoms with Crippen molar-refractivity contribution >= 4 is 51.2 Å². The van der Waals surface area contributed by atoms with Gasteiger partial charge in [-0.25, -0.2) is 0 Å². The van der Waals surface area contributed by atoms with E-state index in [1.165, 1.54) is 30.3 Å². The molecule has 0 unspecified atom stereocenters. The van der Waals surface area contributed by atoms with Crippen molar-refractivity contribution in [1.29, 1.82) is 0 Å². The van der Waals surface area contributed by atoms with Gasteiger partial charge in [-0.2, -0.15) is 13.2 Å². The molecular weight excluding hydrogens is 437 g/mol. The monoisotopic (exact) mass is 444 g/mol. The maximum absolute atomic E-state index is 13.0. The van der Waals surface area contributed by atoms with E-state index >= 15 is 0 Å². The summed E-state index contributed by atoms with van der Waals surface area (Å²) in [5.41, 5.74) is -0.874. The second-order valence-electron chi connectivity index (χ2n) is 5.19. The lowest BCUT2D eigenvalue weighted by molar-refractivity contribution is -0.138. The summed E-state index contributed by atoms with van der Waals surface area (Å²) in [5.74, 6) is -1.11. The summed E-state index contributed by atoms with van der Waals surface area (Å²) in [6.45, 7) is 0. The number of carbonyl (C=O) groups is 2. The summed E-state index contributed by atoms with van der Waals surface area (Å²) in [6.07, 6.45) is -3.34. The Morgan fingerprint density at radius 2 is 1.73 bits per heavy atom. The number of thiocarbonyl (C=S) groups is 1. The van der Waals surface area contributed by atoms with Crippen LogP contribution >= 0.6 is 28.1 Å². The molecule has 2 heterocycles. The predicted octanol–water partition coefficient (Wildman–Crippen LogP) is 3.64. The van der Waals surface area contributed by atoms with Crippen molar-refractivity contribution in [2.45, 2.75) is 6.18 Å². The quantitative estimate of drug-likeness (QED) is 0.421. The predicted molar refractivity (Wildman–Crippen MR) is 93.7 cm³/mol. The van der Waals surface area contributed by atoms with E-state index in [9.17, 15) is 22.8 Å². The number of carbonyl (C=O) groups excluding carboxylic acids is 2. The zero-order valence-electron chi connectivity index (χ0n) is 12.6. The number of halogens is 4. The molecule has 2 N–H and O–H groups in total. The van der Waals surface area contributed by atoms with Crippen LogP contribution in [0, 0.1) is 0 Å². The Labute approximate surface area is 158 Å². The second-order valence-corrected chi connectivity index (χ2v) is 6.45. The lowest BCUT2D eigenvalue weighted by Gasteiger charge is -2.15. The van der Waals surface area contributed by atoms with Gasteiger partial charge in [0.05, 0.1) is 5.56 Å². The number of alkyl halides is 3. The molecule has 1 aliphatic heterocycles. The second kappa shape index (κ2) is 6.69. The van der Waals surface area contributed by atoms with Crippen LogP contribution in [0.2, 0.25) is 0 Å². The van der Waals surface area contributed by atoms with E-state index < -0.39 is 23.6 Å². The van der Waals surface area contributed by atoms with Crippen LogP contribution in [0.25, 0.3) is 17.4 Å². The number of furan rings is 1. The molecule has 0 atom stereocenters. The third-order valence-electron chi connectivity index (χ3n) is 3.41. The first-order valence-corrected chi connectivity index (χ1v) is 8.20. The standard InChI is InChI=1S/C16H8BrF3N2O3S/c17-11-3-1-7(5-10(11)16(18,19)20)12-4-2-8(25-12)6-9-13(23)21-15(26)22-14(9)24/h1-6H,(H2,21,22,23,24,26).